The molecule has 2 aromatic rings. The molecule has 0 aromatic heterocycles. The molecule has 0 unspecified atom stereocenters. The van der Waals surface area contributed by atoms with E-state index in [4.69, 9.17) is 11.6 Å². The number of hydrogen-bond acceptors (Lipinski definition) is 2. The quantitative estimate of drug-likeness (QED) is 0.560. The normalized spacial score (nSPS) is 22.7. The van der Waals surface area contributed by atoms with Crippen molar-refractivity contribution in [3.8, 4) is 0 Å². The van der Waals surface area contributed by atoms with Crippen LogP contribution in [0.5, 0.6) is 0 Å². The van der Waals surface area contributed by atoms with Crippen LogP contribution >= 0.6 is 11.6 Å². The van der Waals surface area contributed by atoms with E-state index in [1.807, 2.05) is 36.4 Å². The molecule has 170 valence electrons. The minimum Gasteiger partial charge on any atom is -0.335 e. The first-order chi connectivity index (χ1) is 15.3. The van der Waals surface area contributed by atoms with E-state index in [9.17, 15) is 18.0 Å². The average molecular weight is 463 g/mol. The molecule has 2 aliphatic heterocycles. The van der Waals surface area contributed by atoms with Gasteiger partial charge in [-0.2, -0.15) is 13.2 Å². The van der Waals surface area contributed by atoms with Gasteiger partial charge in [0.15, 0.2) is 0 Å². The summed E-state index contributed by atoms with van der Waals surface area (Å²) in [6.45, 7) is 2.50. The highest BCUT2D eigenvalue weighted by atomic mass is 35.5. The van der Waals surface area contributed by atoms with Gasteiger partial charge in [0.2, 0.25) is 5.91 Å². The summed E-state index contributed by atoms with van der Waals surface area (Å²) in [7, 11) is 0. The maximum atomic E-state index is 13.1. The van der Waals surface area contributed by atoms with E-state index in [1.165, 1.54) is 6.07 Å². The van der Waals surface area contributed by atoms with Gasteiger partial charge in [0, 0.05) is 43.7 Å². The van der Waals surface area contributed by atoms with Crippen LogP contribution in [0.3, 0.4) is 0 Å². The highest BCUT2D eigenvalue weighted by Crippen LogP contribution is 2.34. The van der Waals surface area contributed by atoms with Gasteiger partial charge in [0.25, 0.3) is 0 Å². The third-order valence-electron chi connectivity index (χ3n) is 6.33. The van der Waals surface area contributed by atoms with Gasteiger partial charge >= 0.3 is 6.18 Å². The Bertz CT molecular complexity index is 977. The molecular weight excluding hydrogens is 437 g/mol. The maximum absolute atomic E-state index is 13.1. The van der Waals surface area contributed by atoms with Gasteiger partial charge in [0.1, 0.15) is 0 Å². The number of halogens is 4. The Morgan fingerprint density at radius 2 is 1.88 bits per heavy atom. The summed E-state index contributed by atoms with van der Waals surface area (Å²) in [5.74, 6) is 0.326. The smallest absolute Gasteiger partial charge is 0.335 e. The molecule has 1 amide bonds. The summed E-state index contributed by atoms with van der Waals surface area (Å²) in [6, 6.07) is 15.3. The van der Waals surface area contributed by atoms with Crippen molar-refractivity contribution in [1.82, 2.24) is 9.80 Å². The molecule has 7 heteroatoms. The van der Waals surface area contributed by atoms with E-state index in [0.717, 1.165) is 48.7 Å². The molecule has 2 saturated heterocycles. The first-order valence-electron chi connectivity index (χ1n) is 10.9. The molecule has 0 radical (unpaired) electrons. The Balaban J connectivity index is 1.41. The third kappa shape index (κ3) is 5.54. The van der Waals surface area contributed by atoms with Crippen molar-refractivity contribution in [2.45, 2.75) is 38.0 Å². The number of carbonyl (C=O) groups is 1. The molecule has 2 fully saturated rings. The van der Waals surface area contributed by atoms with E-state index in [1.54, 1.807) is 11.0 Å². The maximum Gasteiger partial charge on any atom is 0.416 e. The lowest BCUT2D eigenvalue weighted by atomic mass is 9.83. The van der Waals surface area contributed by atoms with E-state index in [-0.39, 0.29) is 18.5 Å². The third-order valence-corrected chi connectivity index (χ3v) is 6.56. The first-order valence-corrected chi connectivity index (χ1v) is 11.3. The zero-order valence-corrected chi connectivity index (χ0v) is 18.4. The van der Waals surface area contributed by atoms with Crippen LogP contribution in [0.15, 0.2) is 59.6 Å². The number of fused-ring (bicyclic) bond motifs is 1. The Morgan fingerprint density at radius 3 is 2.62 bits per heavy atom. The second kappa shape index (κ2) is 9.67. The molecule has 2 aromatic carbocycles. The number of piperidine rings is 2. The fourth-order valence-electron chi connectivity index (χ4n) is 4.81. The van der Waals surface area contributed by atoms with Crippen molar-refractivity contribution in [3.05, 3.63) is 76.3 Å². The van der Waals surface area contributed by atoms with Crippen molar-refractivity contribution >= 4 is 23.6 Å². The number of nitrogens with zero attached hydrogens (tertiary/aromatic N) is 2. The Labute approximate surface area is 191 Å². The van der Waals surface area contributed by atoms with Crippen molar-refractivity contribution in [3.63, 3.8) is 0 Å². The lowest BCUT2D eigenvalue weighted by molar-refractivity contribution is -0.141. The minimum atomic E-state index is -4.39. The number of benzene rings is 2. The van der Waals surface area contributed by atoms with Crippen LogP contribution in [0.4, 0.5) is 13.2 Å². The van der Waals surface area contributed by atoms with E-state index >= 15 is 0 Å². The average Bonchev–Trinajstić information content (AvgIpc) is 2.76. The number of hydrogen-bond donors (Lipinski definition) is 0. The Kier molecular flexibility index (Phi) is 6.91. The fraction of sp³-hybridized carbons (Fsp3) is 0.400. The van der Waals surface area contributed by atoms with Crippen LogP contribution in [0.1, 0.15) is 36.0 Å². The Hall–Kier alpha value is -2.31. The number of amides is 1. The number of rotatable bonds is 5. The highest BCUT2D eigenvalue weighted by Gasteiger charge is 2.39. The van der Waals surface area contributed by atoms with E-state index in [0.29, 0.717) is 24.4 Å². The minimum absolute atomic E-state index is 0.0270. The van der Waals surface area contributed by atoms with Gasteiger partial charge in [-0.15, -0.1) is 0 Å². The van der Waals surface area contributed by atoms with Gasteiger partial charge in [-0.25, -0.2) is 0 Å². The lowest BCUT2D eigenvalue weighted by Crippen LogP contribution is -2.55. The lowest BCUT2D eigenvalue weighted by Gasteiger charge is -2.47. The van der Waals surface area contributed by atoms with Gasteiger partial charge in [0.05, 0.1) is 5.56 Å². The molecule has 0 bridgehead atoms. The summed E-state index contributed by atoms with van der Waals surface area (Å²) in [4.78, 5) is 16.8. The van der Waals surface area contributed by atoms with Crippen molar-refractivity contribution in [2.75, 3.05) is 19.6 Å². The van der Waals surface area contributed by atoms with E-state index < -0.39 is 11.7 Å². The molecule has 4 rings (SSSR count). The van der Waals surface area contributed by atoms with Crippen LogP contribution in [0.2, 0.25) is 0 Å². The van der Waals surface area contributed by atoms with Gasteiger partial charge in [-0.1, -0.05) is 54.1 Å². The van der Waals surface area contributed by atoms with Crippen LogP contribution in [0.25, 0.3) is 6.08 Å². The number of alkyl halides is 3. The Morgan fingerprint density at radius 1 is 1.09 bits per heavy atom. The second-order valence-corrected chi connectivity index (χ2v) is 9.10. The standard InChI is InChI=1S/C25H26ClF3N2O/c26-22(14-18-5-2-1-3-6-18)17-30-12-11-23-20(16-30)9-10-24(32)31(23)15-19-7-4-8-21(13-19)25(27,28)29/h1-8,13-14,20,23H,9-12,15-17H2/b22-14-/t20-,23+/m1/s1. The zero-order valence-electron chi connectivity index (χ0n) is 17.7. The zero-order chi connectivity index (χ0) is 22.7. The molecule has 0 saturated carbocycles. The SMILES string of the molecule is O=C1CC[C@@H]2CN(C/C(Cl)=C/c3ccccc3)CC[C@@H]2N1Cc1cccc(C(F)(F)F)c1. The first kappa shape index (κ1) is 22.9. The molecule has 0 N–H and O–H groups in total. The fourth-order valence-corrected chi connectivity index (χ4v) is 5.10. The van der Waals surface area contributed by atoms with Gasteiger partial charge in [-0.3, -0.25) is 9.69 Å². The van der Waals surface area contributed by atoms with Crippen LogP contribution < -0.4 is 0 Å². The molecular formula is C25H26ClF3N2O. The number of likely N-dealkylation sites (tertiary alicyclic amines) is 2. The second-order valence-electron chi connectivity index (χ2n) is 8.61. The molecule has 0 aliphatic carbocycles. The topological polar surface area (TPSA) is 23.6 Å². The summed E-state index contributed by atoms with van der Waals surface area (Å²) < 4.78 is 39.2. The molecule has 2 heterocycles. The summed E-state index contributed by atoms with van der Waals surface area (Å²) in [6.07, 6.45) is -0.383. The van der Waals surface area contributed by atoms with Crippen molar-refractivity contribution < 1.29 is 18.0 Å². The largest absolute Gasteiger partial charge is 0.416 e. The van der Waals surface area contributed by atoms with Crippen LogP contribution in [-0.4, -0.2) is 41.4 Å². The van der Waals surface area contributed by atoms with Crippen molar-refractivity contribution in [2.24, 2.45) is 5.92 Å². The van der Waals surface area contributed by atoms with Crippen molar-refractivity contribution in [1.29, 1.82) is 0 Å². The van der Waals surface area contributed by atoms with E-state index in [2.05, 4.69) is 4.90 Å². The molecule has 2 atom stereocenters. The molecule has 3 nitrogen and oxygen atoms in total. The molecule has 0 spiro atoms. The highest BCUT2D eigenvalue weighted by molar-refractivity contribution is 6.31. The molecule has 2 aliphatic rings. The summed E-state index contributed by atoms with van der Waals surface area (Å²) in [5.41, 5.74) is 0.902. The van der Waals surface area contributed by atoms with Crippen LogP contribution in [0, 0.1) is 5.92 Å². The predicted octanol–water partition coefficient (Wildman–Crippen LogP) is 5.80. The van der Waals surface area contributed by atoms with Crippen LogP contribution in [-0.2, 0) is 17.5 Å². The summed E-state index contributed by atoms with van der Waals surface area (Å²) in [5, 5.41) is 0.766. The monoisotopic (exact) mass is 462 g/mol. The summed E-state index contributed by atoms with van der Waals surface area (Å²) >= 11 is 6.50. The van der Waals surface area contributed by atoms with Gasteiger partial charge < -0.3 is 4.90 Å². The predicted molar refractivity (Wildman–Crippen MR) is 120 cm³/mol. The molecule has 32 heavy (non-hydrogen) atoms. The number of carbonyl (C=O) groups excluding carboxylic acids is 1. The van der Waals surface area contributed by atoms with Gasteiger partial charge in [-0.05, 0) is 48.1 Å².